The summed E-state index contributed by atoms with van der Waals surface area (Å²) in [5.74, 6) is 0.108. The van der Waals surface area contributed by atoms with Gasteiger partial charge < -0.3 is 10.0 Å². The maximum atomic E-state index is 12.9. The van der Waals surface area contributed by atoms with Gasteiger partial charge >= 0.3 is 6.09 Å². The van der Waals surface area contributed by atoms with Crippen molar-refractivity contribution in [3.63, 3.8) is 0 Å². The smallest absolute Gasteiger partial charge is 0.407 e. The van der Waals surface area contributed by atoms with Crippen LogP contribution in [0.5, 0.6) is 0 Å². The Hall–Kier alpha value is -2.44. The average Bonchev–Trinajstić information content (AvgIpc) is 2.86. The van der Waals surface area contributed by atoms with Crippen LogP contribution in [0.3, 0.4) is 0 Å². The van der Waals surface area contributed by atoms with E-state index in [1.807, 2.05) is 20.8 Å². The lowest BCUT2D eigenvalue weighted by Crippen LogP contribution is -2.45. The van der Waals surface area contributed by atoms with Crippen LogP contribution < -0.4 is 0 Å². The number of halogens is 1. The zero-order chi connectivity index (χ0) is 16.3. The van der Waals surface area contributed by atoms with Crippen LogP contribution in [0.25, 0.3) is 5.82 Å². The second-order valence-electron chi connectivity index (χ2n) is 5.94. The van der Waals surface area contributed by atoms with E-state index in [0.717, 1.165) is 11.9 Å². The second-order valence-corrected chi connectivity index (χ2v) is 5.94. The molecular weight excluding hydrogens is 287 g/mol. The lowest BCUT2D eigenvalue weighted by molar-refractivity contribution is 0.101. The largest absolute Gasteiger partial charge is 0.465 e. The third-order valence-corrected chi connectivity index (χ3v) is 3.22. The topological polar surface area (TPSA) is 71.2 Å². The molecule has 1 N–H and O–H groups in total. The molecule has 0 spiro atoms. The van der Waals surface area contributed by atoms with Gasteiger partial charge in [0.2, 0.25) is 0 Å². The molecular formula is C15H19FN4O2. The number of hydrogen-bond donors (Lipinski definition) is 1. The van der Waals surface area contributed by atoms with Crippen LogP contribution in [0.15, 0.2) is 30.6 Å². The normalized spacial score (nSPS) is 11.5. The Kier molecular flexibility index (Phi) is 4.44. The van der Waals surface area contributed by atoms with Gasteiger partial charge in [0.05, 0.1) is 11.9 Å². The number of rotatable bonds is 4. The van der Waals surface area contributed by atoms with Gasteiger partial charge in [-0.25, -0.2) is 18.9 Å². The summed E-state index contributed by atoms with van der Waals surface area (Å²) in [6, 6.07) is 4.65. The van der Waals surface area contributed by atoms with Crippen LogP contribution in [0.1, 0.15) is 26.5 Å². The van der Waals surface area contributed by atoms with Crippen LogP contribution in [-0.4, -0.2) is 42.9 Å². The zero-order valence-electron chi connectivity index (χ0n) is 12.8. The molecule has 0 saturated carbocycles. The molecule has 2 heterocycles. The number of aromatic nitrogens is 3. The number of carboxylic acid groups (broad SMARTS) is 1. The molecule has 118 valence electrons. The molecule has 0 atom stereocenters. The van der Waals surface area contributed by atoms with Gasteiger partial charge in [0.15, 0.2) is 5.82 Å². The Morgan fingerprint density at radius 2 is 2.09 bits per heavy atom. The highest BCUT2D eigenvalue weighted by atomic mass is 19.1. The van der Waals surface area contributed by atoms with Crippen molar-refractivity contribution in [3.05, 3.63) is 42.1 Å². The summed E-state index contributed by atoms with van der Waals surface area (Å²) in [5.41, 5.74) is 0.286. The van der Waals surface area contributed by atoms with Gasteiger partial charge in [0, 0.05) is 24.7 Å². The predicted molar refractivity (Wildman–Crippen MR) is 79.5 cm³/mol. The van der Waals surface area contributed by atoms with Crippen molar-refractivity contribution in [2.45, 2.75) is 32.7 Å². The quantitative estimate of drug-likeness (QED) is 0.942. The SMILES string of the molecule is CC(C)(C)N(CCc1ccn(-c2ccc(F)cn2)n1)C(=O)O. The van der Waals surface area contributed by atoms with E-state index in [1.54, 1.807) is 12.3 Å². The highest BCUT2D eigenvalue weighted by Crippen LogP contribution is 2.14. The molecule has 1 amide bonds. The van der Waals surface area contributed by atoms with Crippen molar-refractivity contribution in [2.24, 2.45) is 0 Å². The molecule has 0 radical (unpaired) electrons. The first kappa shape index (κ1) is 15.9. The second kappa shape index (κ2) is 6.13. The number of hydrogen-bond acceptors (Lipinski definition) is 3. The maximum Gasteiger partial charge on any atom is 0.407 e. The summed E-state index contributed by atoms with van der Waals surface area (Å²) in [4.78, 5) is 16.6. The summed E-state index contributed by atoms with van der Waals surface area (Å²) in [7, 11) is 0. The fourth-order valence-electron chi connectivity index (χ4n) is 2.07. The molecule has 2 rings (SSSR count). The number of carbonyl (C=O) groups is 1. The number of pyridine rings is 1. The predicted octanol–water partition coefficient (Wildman–Crippen LogP) is 2.73. The first-order valence-electron chi connectivity index (χ1n) is 6.94. The molecule has 22 heavy (non-hydrogen) atoms. The van der Waals surface area contributed by atoms with E-state index in [-0.39, 0.29) is 0 Å². The molecule has 0 aliphatic heterocycles. The maximum absolute atomic E-state index is 12.9. The Morgan fingerprint density at radius 1 is 1.36 bits per heavy atom. The Morgan fingerprint density at radius 3 is 2.64 bits per heavy atom. The van der Waals surface area contributed by atoms with E-state index in [2.05, 4.69) is 10.1 Å². The van der Waals surface area contributed by atoms with E-state index in [4.69, 9.17) is 0 Å². The Labute approximate surface area is 128 Å². The van der Waals surface area contributed by atoms with Crippen LogP contribution in [0.2, 0.25) is 0 Å². The van der Waals surface area contributed by atoms with Gasteiger partial charge in [-0.05, 0) is 39.0 Å². The van der Waals surface area contributed by atoms with E-state index in [9.17, 15) is 14.3 Å². The van der Waals surface area contributed by atoms with Gasteiger partial charge in [-0.3, -0.25) is 0 Å². The summed E-state index contributed by atoms with van der Waals surface area (Å²) < 4.78 is 14.4. The molecule has 0 aliphatic rings. The van der Waals surface area contributed by atoms with Gasteiger partial charge in [0.1, 0.15) is 5.82 Å². The molecule has 2 aromatic heterocycles. The standard InChI is InChI=1S/C15H19FN4O2/c1-15(2,3)19(14(21)22)8-6-12-7-9-20(18-12)13-5-4-11(16)10-17-13/h4-5,7,9-10H,6,8H2,1-3H3,(H,21,22). The molecule has 6 nitrogen and oxygen atoms in total. The average molecular weight is 306 g/mol. The fraction of sp³-hybridized carbons (Fsp3) is 0.400. The third kappa shape index (κ3) is 3.81. The molecule has 0 saturated heterocycles. The lowest BCUT2D eigenvalue weighted by atomic mass is 10.1. The molecule has 0 aromatic carbocycles. The van der Waals surface area contributed by atoms with E-state index in [1.165, 1.54) is 21.7 Å². The molecule has 7 heteroatoms. The highest BCUT2D eigenvalue weighted by Gasteiger charge is 2.25. The monoisotopic (exact) mass is 306 g/mol. The van der Waals surface area contributed by atoms with Crippen LogP contribution in [0.4, 0.5) is 9.18 Å². The number of nitrogens with zero attached hydrogens (tertiary/aromatic N) is 4. The van der Waals surface area contributed by atoms with Crippen molar-refractivity contribution in [1.29, 1.82) is 0 Å². The Balaban J connectivity index is 2.06. The van der Waals surface area contributed by atoms with Crippen LogP contribution >= 0.6 is 0 Å². The van der Waals surface area contributed by atoms with Crippen molar-refractivity contribution in [1.82, 2.24) is 19.7 Å². The minimum atomic E-state index is -0.952. The molecule has 0 fully saturated rings. The van der Waals surface area contributed by atoms with Crippen LogP contribution in [0, 0.1) is 5.82 Å². The van der Waals surface area contributed by atoms with Crippen molar-refractivity contribution in [2.75, 3.05) is 6.54 Å². The summed E-state index contributed by atoms with van der Waals surface area (Å²) >= 11 is 0. The van der Waals surface area contributed by atoms with Crippen molar-refractivity contribution in [3.8, 4) is 5.82 Å². The minimum Gasteiger partial charge on any atom is -0.465 e. The van der Waals surface area contributed by atoms with E-state index >= 15 is 0 Å². The lowest BCUT2D eigenvalue weighted by Gasteiger charge is -2.32. The fourth-order valence-corrected chi connectivity index (χ4v) is 2.07. The summed E-state index contributed by atoms with van der Waals surface area (Å²) in [6.45, 7) is 5.90. The van der Waals surface area contributed by atoms with Gasteiger partial charge in [0.25, 0.3) is 0 Å². The minimum absolute atomic E-state index is 0.354. The van der Waals surface area contributed by atoms with Crippen molar-refractivity contribution >= 4 is 6.09 Å². The van der Waals surface area contributed by atoms with Crippen molar-refractivity contribution < 1.29 is 14.3 Å². The molecule has 0 aliphatic carbocycles. The molecule has 0 bridgehead atoms. The highest BCUT2D eigenvalue weighted by molar-refractivity contribution is 5.66. The molecule has 2 aromatic rings. The van der Waals surface area contributed by atoms with E-state index < -0.39 is 17.4 Å². The van der Waals surface area contributed by atoms with Crippen LogP contribution in [-0.2, 0) is 6.42 Å². The number of amides is 1. The molecule has 0 unspecified atom stereocenters. The zero-order valence-corrected chi connectivity index (χ0v) is 12.8. The van der Waals surface area contributed by atoms with E-state index in [0.29, 0.717) is 18.8 Å². The van der Waals surface area contributed by atoms with Gasteiger partial charge in [-0.15, -0.1) is 0 Å². The summed E-state index contributed by atoms with van der Waals surface area (Å²) in [5, 5.41) is 13.6. The Bertz CT molecular complexity index is 646. The first-order valence-corrected chi connectivity index (χ1v) is 6.94. The van der Waals surface area contributed by atoms with Gasteiger partial charge in [-0.1, -0.05) is 0 Å². The first-order chi connectivity index (χ1) is 10.3. The van der Waals surface area contributed by atoms with Gasteiger partial charge in [-0.2, -0.15) is 5.10 Å². The summed E-state index contributed by atoms with van der Waals surface area (Å²) in [6.07, 6.45) is 2.39. The third-order valence-electron chi connectivity index (χ3n) is 3.22.